The lowest BCUT2D eigenvalue weighted by Gasteiger charge is -2.44. The van der Waals surface area contributed by atoms with Gasteiger partial charge in [-0.05, 0) is 43.9 Å². The Morgan fingerprint density at radius 1 is 1.06 bits per heavy atom. The number of aliphatic hydroxyl groups excluding tert-OH is 1. The van der Waals surface area contributed by atoms with Crippen molar-refractivity contribution in [1.82, 2.24) is 10.2 Å². The molecule has 0 spiro atoms. The molecule has 1 saturated carbocycles. The van der Waals surface area contributed by atoms with Crippen LogP contribution in [0.4, 0.5) is 0 Å². The van der Waals surface area contributed by atoms with Gasteiger partial charge in [-0.25, -0.2) is 0 Å². The van der Waals surface area contributed by atoms with Crippen LogP contribution in [0.1, 0.15) is 55.3 Å². The van der Waals surface area contributed by atoms with Gasteiger partial charge < -0.3 is 34.3 Å². The Balaban J connectivity index is 1.27. The second-order valence-corrected chi connectivity index (χ2v) is 9.41. The Bertz CT molecular complexity index is 872. The Hall–Kier alpha value is -2.36. The standard InChI is InChI=1S/C24H32N2O7/c27-17-11-26(24(29)15-5-8-20-21(9-15)32-14-31-20)19-7-6-18(33-22(19)13-30-12-17)10-23(28)25-16-3-1-2-4-16/h5,8-9,16-19,22,27H,1-4,6-7,10-14H2,(H,25,28)/t17-,18-,19-,22+/m1/s1. The molecule has 1 aromatic rings. The third-order valence-electron chi connectivity index (χ3n) is 6.99. The molecule has 9 heteroatoms. The summed E-state index contributed by atoms with van der Waals surface area (Å²) in [6, 6.07) is 5.17. The van der Waals surface area contributed by atoms with Gasteiger partial charge in [-0.3, -0.25) is 9.59 Å². The fourth-order valence-electron chi connectivity index (χ4n) is 5.33. The molecule has 2 saturated heterocycles. The largest absolute Gasteiger partial charge is 0.454 e. The molecular formula is C24H32N2O7. The van der Waals surface area contributed by atoms with Crippen LogP contribution in [0.25, 0.3) is 0 Å². The van der Waals surface area contributed by atoms with E-state index in [0.29, 0.717) is 36.3 Å². The van der Waals surface area contributed by atoms with Crippen molar-refractivity contribution in [1.29, 1.82) is 0 Å². The number of β-amino-alcohol motifs (C(OH)–C–C–N with tert-alkyl or cyclic N) is 1. The van der Waals surface area contributed by atoms with Crippen molar-refractivity contribution in [3.63, 3.8) is 0 Å². The Morgan fingerprint density at radius 3 is 2.73 bits per heavy atom. The van der Waals surface area contributed by atoms with Crippen LogP contribution in [0.5, 0.6) is 11.5 Å². The predicted octanol–water partition coefficient (Wildman–Crippen LogP) is 1.61. The third kappa shape index (κ3) is 5.10. The van der Waals surface area contributed by atoms with Crippen LogP contribution in [0.15, 0.2) is 18.2 Å². The molecule has 33 heavy (non-hydrogen) atoms. The van der Waals surface area contributed by atoms with Gasteiger partial charge in [0.25, 0.3) is 5.91 Å². The molecule has 0 aromatic heterocycles. The zero-order chi connectivity index (χ0) is 22.8. The average Bonchev–Trinajstić information content (AvgIpc) is 3.47. The summed E-state index contributed by atoms with van der Waals surface area (Å²) in [5.74, 6) is 0.998. The molecule has 5 rings (SSSR count). The van der Waals surface area contributed by atoms with Crippen LogP contribution in [0, 0.1) is 0 Å². The van der Waals surface area contributed by atoms with E-state index in [4.69, 9.17) is 18.9 Å². The molecule has 2 N–H and O–H groups in total. The van der Waals surface area contributed by atoms with E-state index in [1.54, 1.807) is 23.1 Å². The number of benzene rings is 1. The maximum atomic E-state index is 13.5. The summed E-state index contributed by atoms with van der Waals surface area (Å²) in [4.78, 5) is 27.7. The maximum absolute atomic E-state index is 13.5. The summed E-state index contributed by atoms with van der Waals surface area (Å²) < 4.78 is 22.7. The molecule has 2 amide bonds. The van der Waals surface area contributed by atoms with Crippen molar-refractivity contribution in [2.45, 2.75) is 75.3 Å². The molecular weight excluding hydrogens is 428 g/mol. The number of carbonyl (C=O) groups excluding carboxylic acids is 2. The number of nitrogens with one attached hydrogen (secondary N) is 1. The van der Waals surface area contributed by atoms with Gasteiger partial charge in [0.05, 0.1) is 37.9 Å². The summed E-state index contributed by atoms with van der Waals surface area (Å²) in [5.41, 5.74) is 0.477. The first-order valence-corrected chi connectivity index (χ1v) is 12.0. The molecule has 3 fully saturated rings. The Labute approximate surface area is 193 Å². The van der Waals surface area contributed by atoms with Gasteiger partial charge in [0.15, 0.2) is 11.5 Å². The lowest BCUT2D eigenvalue weighted by atomic mass is 9.94. The van der Waals surface area contributed by atoms with Gasteiger partial charge in [-0.1, -0.05) is 12.8 Å². The molecule has 9 nitrogen and oxygen atoms in total. The molecule has 1 aliphatic carbocycles. The Morgan fingerprint density at radius 2 is 1.88 bits per heavy atom. The van der Waals surface area contributed by atoms with Crippen LogP contribution in [0.3, 0.4) is 0 Å². The molecule has 3 aliphatic heterocycles. The van der Waals surface area contributed by atoms with E-state index in [-0.39, 0.29) is 62.7 Å². The lowest BCUT2D eigenvalue weighted by Crippen LogP contribution is -2.57. The fourth-order valence-corrected chi connectivity index (χ4v) is 5.33. The third-order valence-corrected chi connectivity index (χ3v) is 6.99. The van der Waals surface area contributed by atoms with Gasteiger partial charge >= 0.3 is 0 Å². The van der Waals surface area contributed by atoms with Crippen molar-refractivity contribution in [3.8, 4) is 11.5 Å². The highest BCUT2D eigenvalue weighted by molar-refractivity contribution is 5.95. The minimum absolute atomic E-state index is 0.0285. The smallest absolute Gasteiger partial charge is 0.254 e. The molecule has 4 atom stereocenters. The second-order valence-electron chi connectivity index (χ2n) is 9.41. The highest BCUT2D eigenvalue weighted by atomic mass is 16.7. The fraction of sp³-hybridized carbons (Fsp3) is 0.667. The van der Waals surface area contributed by atoms with E-state index in [1.807, 2.05) is 0 Å². The monoisotopic (exact) mass is 460 g/mol. The van der Waals surface area contributed by atoms with Crippen molar-refractivity contribution in [2.24, 2.45) is 0 Å². The van der Waals surface area contributed by atoms with Crippen LogP contribution < -0.4 is 14.8 Å². The van der Waals surface area contributed by atoms with E-state index < -0.39 is 6.10 Å². The van der Waals surface area contributed by atoms with E-state index in [0.717, 1.165) is 12.8 Å². The average molecular weight is 461 g/mol. The molecule has 3 heterocycles. The number of ether oxygens (including phenoxy) is 4. The van der Waals surface area contributed by atoms with Gasteiger partial charge in [-0.15, -0.1) is 0 Å². The second kappa shape index (κ2) is 9.87. The van der Waals surface area contributed by atoms with Crippen LogP contribution >= 0.6 is 0 Å². The maximum Gasteiger partial charge on any atom is 0.254 e. The minimum atomic E-state index is -0.779. The normalized spacial score (nSPS) is 29.8. The van der Waals surface area contributed by atoms with Gasteiger partial charge in [-0.2, -0.15) is 0 Å². The molecule has 180 valence electrons. The first-order valence-electron chi connectivity index (χ1n) is 12.0. The molecule has 4 aliphatic rings. The summed E-state index contributed by atoms with van der Waals surface area (Å²) >= 11 is 0. The van der Waals surface area contributed by atoms with Gasteiger partial charge in [0.2, 0.25) is 12.7 Å². The molecule has 1 aromatic carbocycles. The number of carbonyl (C=O) groups is 2. The first-order chi connectivity index (χ1) is 16.1. The number of aliphatic hydroxyl groups is 1. The van der Waals surface area contributed by atoms with Crippen LogP contribution in [-0.2, 0) is 14.3 Å². The first kappa shape index (κ1) is 22.4. The molecule has 0 radical (unpaired) electrons. The summed E-state index contributed by atoms with van der Waals surface area (Å²) in [6.07, 6.45) is 4.77. The van der Waals surface area contributed by atoms with Crippen molar-refractivity contribution >= 4 is 11.8 Å². The van der Waals surface area contributed by atoms with Crippen molar-refractivity contribution in [2.75, 3.05) is 26.6 Å². The number of rotatable bonds is 4. The van der Waals surface area contributed by atoms with Gasteiger partial charge in [0.1, 0.15) is 6.10 Å². The van der Waals surface area contributed by atoms with Crippen LogP contribution in [0.2, 0.25) is 0 Å². The number of amides is 2. The van der Waals surface area contributed by atoms with E-state index >= 15 is 0 Å². The van der Waals surface area contributed by atoms with E-state index in [1.165, 1.54) is 12.8 Å². The predicted molar refractivity (Wildman–Crippen MR) is 117 cm³/mol. The Kier molecular flexibility index (Phi) is 6.71. The number of nitrogens with zero attached hydrogens (tertiary/aromatic N) is 1. The number of hydrogen-bond acceptors (Lipinski definition) is 7. The summed E-state index contributed by atoms with van der Waals surface area (Å²) in [7, 11) is 0. The number of fused-ring (bicyclic) bond motifs is 2. The van der Waals surface area contributed by atoms with Crippen molar-refractivity contribution in [3.05, 3.63) is 23.8 Å². The highest BCUT2D eigenvalue weighted by Gasteiger charge is 2.40. The van der Waals surface area contributed by atoms with E-state index in [9.17, 15) is 14.7 Å². The quantitative estimate of drug-likeness (QED) is 0.703. The van der Waals surface area contributed by atoms with Crippen LogP contribution in [-0.4, -0.2) is 78.8 Å². The zero-order valence-electron chi connectivity index (χ0n) is 18.7. The number of hydrogen-bond donors (Lipinski definition) is 2. The molecule has 0 unspecified atom stereocenters. The summed E-state index contributed by atoms with van der Waals surface area (Å²) in [6.45, 7) is 0.698. The zero-order valence-corrected chi connectivity index (χ0v) is 18.7. The van der Waals surface area contributed by atoms with Crippen molar-refractivity contribution < 1.29 is 33.6 Å². The van der Waals surface area contributed by atoms with Gasteiger partial charge in [0, 0.05) is 18.2 Å². The van der Waals surface area contributed by atoms with E-state index in [2.05, 4.69) is 5.32 Å². The minimum Gasteiger partial charge on any atom is -0.454 e. The topological polar surface area (TPSA) is 107 Å². The lowest BCUT2D eigenvalue weighted by molar-refractivity contribution is -0.151. The highest BCUT2D eigenvalue weighted by Crippen LogP contribution is 2.34. The molecule has 0 bridgehead atoms. The summed E-state index contributed by atoms with van der Waals surface area (Å²) in [5, 5.41) is 13.5. The SMILES string of the molecule is O=C(C[C@H]1CC[C@@H]2[C@H](COC[C@H](O)CN2C(=O)c2ccc3c(c2)OCO3)O1)NC1CCCC1.